The molecular formula is C17H12FNO2S. The van der Waals surface area contributed by atoms with Crippen LogP contribution in [0.4, 0.5) is 4.39 Å². The van der Waals surface area contributed by atoms with Crippen molar-refractivity contribution in [2.75, 3.05) is 6.26 Å². The van der Waals surface area contributed by atoms with Gasteiger partial charge >= 0.3 is 5.97 Å². The van der Waals surface area contributed by atoms with E-state index in [0.717, 1.165) is 10.5 Å². The van der Waals surface area contributed by atoms with Crippen LogP contribution in [0.1, 0.15) is 11.1 Å². The van der Waals surface area contributed by atoms with Gasteiger partial charge in [-0.1, -0.05) is 18.2 Å². The molecule has 22 heavy (non-hydrogen) atoms. The number of benzene rings is 2. The van der Waals surface area contributed by atoms with Gasteiger partial charge in [0, 0.05) is 10.5 Å². The molecule has 0 unspecified atom stereocenters. The Labute approximate surface area is 131 Å². The summed E-state index contributed by atoms with van der Waals surface area (Å²) in [5.74, 6) is -0.814. The predicted molar refractivity (Wildman–Crippen MR) is 85.2 cm³/mol. The maximum absolute atomic E-state index is 13.2. The molecule has 0 aliphatic carbocycles. The van der Waals surface area contributed by atoms with E-state index in [4.69, 9.17) is 4.74 Å². The van der Waals surface area contributed by atoms with Gasteiger partial charge in [-0.25, -0.2) is 14.2 Å². The molecule has 1 heterocycles. The third kappa shape index (κ3) is 3.09. The Morgan fingerprint density at radius 1 is 1.18 bits per heavy atom. The van der Waals surface area contributed by atoms with E-state index in [9.17, 15) is 9.18 Å². The summed E-state index contributed by atoms with van der Waals surface area (Å²) in [5, 5.41) is 0. The third-order valence-corrected chi connectivity index (χ3v) is 3.85. The van der Waals surface area contributed by atoms with Crippen LogP contribution < -0.4 is 0 Å². The SMILES string of the molecule is CSc1ccc(/C=C2\N=C(c3cccc(F)c3)OC2=O)cc1. The lowest BCUT2D eigenvalue weighted by Crippen LogP contribution is -2.05. The third-order valence-electron chi connectivity index (χ3n) is 3.11. The number of ether oxygens (including phenoxy) is 1. The van der Waals surface area contributed by atoms with E-state index in [-0.39, 0.29) is 11.6 Å². The van der Waals surface area contributed by atoms with Crippen molar-refractivity contribution in [3.63, 3.8) is 0 Å². The molecule has 0 atom stereocenters. The normalized spacial score (nSPS) is 15.8. The second kappa shape index (κ2) is 6.15. The molecule has 0 bridgehead atoms. The van der Waals surface area contributed by atoms with E-state index >= 15 is 0 Å². The molecule has 3 nitrogen and oxygen atoms in total. The van der Waals surface area contributed by atoms with Crippen molar-refractivity contribution in [3.8, 4) is 0 Å². The van der Waals surface area contributed by atoms with Gasteiger partial charge in [0.1, 0.15) is 5.82 Å². The standard InChI is InChI=1S/C17H12FNO2S/c1-22-14-7-5-11(6-8-14)9-15-17(20)21-16(19-15)12-3-2-4-13(18)10-12/h2-10H,1H3/b15-9-. The fourth-order valence-corrected chi connectivity index (χ4v) is 2.42. The van der Waals surface area contributed by atoms with Crippen LogP contribution in [0, 0.1) is 5.82 Å². The zero-order valence-electron chi connectivity index (χ0n) is 11.7. The summed E-state index contributed by atoms with van der Waals surface area (Å²) in [4.78, 5) is 17.2. The van der Waals surface area contributed by atoms with Gasteiger partial charge in [-0.3, -0.25) is 0 Å². The van der Waals surface area contributed by atoms with E-state index in [1.165, 1.54) is 12.1 Å². The average molecular weight is 313 g/mol. The van der Waals surface area contributed by atoms with Crippen LogP contribution in [0.3, 0.4) is 0 Å². The van der Waals surface area contributed by atoms with Crippen LogP contribution in [-0.4, -0.2) is 18.1 Å². The van der Waals surface area contributed by atoms with E-state index in [2.05, 4.69) is 4.99 Å². The Morgan fingerprint density at radius 3 is 2.64 bits per heavy atom. The van der Waals surface area contributed by atoms with Gasteiger partial charge in [-0.2, -0.15) is 0 Å². The predicted octanol–water partition coefficient (Wildman–Crippen LogP) is 3.89. The Balaban J connectivity index is 1.90. The lowest BCUT2D eigenvalue weighted by atomic mass is 10.2. The van der Waals surface area contributed by atoms with Crippen molar-refractivity contribution in [2.24, 2.45) is 4.99 Å². The van der Waals surface area contributed by atoms with E-state index < -0.39 is 11.8 Å². The fraction of sp³-hybridized carbons (Fsp3) is 0.0588. The lowest BCUT2D eigenvalue weighted by molar-refractivity contribution is -0.129. The van der Waals surface area contributed by atoms with Crippen LogP contribution in [0.15, 0.2) is 64.1 Å². The highest BCUT2D eigenvalue weighted by Gasteiger charge is 2.24. The van der Waals surface area contributed by atoms with Crippen molar-refractivity contribution in [1.82, 2.24) is 0 Å². The van der Waals surface area contributed by atoms with Crippen LogP contribution >= 0.6 is 11.8 Å². The van der Waals surface area contributed by atoms with Crippen LogP contribution in [0.5, 0.6) is 0 Å². The maximum atomic E-state index is 13.2. The molecule has 5 heteroatoms. The second-order valence-corrected chi connectivity index (χ2v) is 5.50. The van der Waals surface area contributed by atoms with Gasteiger partial charge in [0.15, 0.2) is 5.70 Å². The van der Waals surface area contributed by atoms with Gasteiger partial charge in [-0.15, -0.1) is 11.8 Å². The smallest absolute Gasteiger partial charge is 0.363 e. The zero-order valence-corrected chi connectivity index (χ0v) is 12.6. The largest absolute Gasteiger partial charge is 0.402 e. The first kappa shape index (κ1) is 14.5. The first-order valence-electron chi connectivity index (χ1n) is 6.58. The minimum Gasteiger partial charge on any atom is -0.402 e. The Hall–Kier alpha value is -2.40. The molecular weight excluding hydrogens is 301 g/mol. The van der Waals surface area contributed by atoms with Crippen molar-refractivity contribution < 1.29 is 13.9 Å². The minimum absolute atomic E-state index is 0.122. The zero-order chi connectivity index (χ0) is 15.5. The number of carbonyl (C=O) groups excluding carboxylic acids is 1. The quantitative estimate of drug-likeness (QED) is 0.490. The highest BCUT2D eigenvalue weighted by molar-refractivity contribution is 7.98. The molecule has 2 aromatic rings. The number of carbonyl (C=O) groups is 1. The summed E-state index contributed by atoms with van der Waals surface area (Å²) in [6.45, 7) is 0. The molecule has 0 saturated heterocycles. The number of thioether (sulfide) groups is 1. The first-order chi connectivity index (χ1) is 10.7. The molecule has 110 valence electrons. The summed E-state index contributed by atoms with van der Waals surface area (Å²) in [6, 6.07) is 13.5. The number of cyclic esters (lactones) is 1. The van der Waals surface area contributed by atoms with Crippen LogP contribution in [-0.2, 0) is 9.53 Å². The molecule has 0 fully saturated rings. The van der Waals surface area contributed by atoms with E-state index in [0.29, 0.717) is 5.56 Å². The number of esters is 1. The number of hydrogen-bond acceptors (Lipinski definition) is 4. The van der Waals surface area contributed by atoms with Gasteiger partial charge in [0.25, 0.3) is 0 Å². The van der Waals surface area contributed by atoms with Crippen molar-refractivity contribution in [3.05, 3.63) is 71.2 Å². The summed E-state index contributed by atoms with van der Waals surface area (Å²) >= 11 is 1.64. The molecule has 1 aliphatic rings. The van der Waals surface area contributed by atoms with Crippen molar-refractivity contribution >= 4 is 29.7 Å². The molecule has 0 aromatic heterocycles. The van der Waals surface area contributed by atoms with Crippen molar-refractivity contribution in [2.45, 2.75) is 4.90 Å². The summed E-state index contributed by atoms with van der Waals surface area (Å²) < 4.78 is 18.3. The molecule has 0 amide bonds. The number of rotatable bonds is 3. The fourth-order valence-electron chi connectivity index (χ4n) is 2.01. The topological polar surface area (TPSA) is 38.7 Å². The van der Waals surface area contributed by atoms with Gasteiger partial charge in [0.2, 0.25) is 5.90 Å². The first-order valence-corrected chi connectivity index (χ1v) is 7.81. The van der Waals surface area contributed by atoms with E-state index in [1.54, 1.807) is 30.0 Å². The van der Waals surface area contributed by atoms with E-state index in [1.807, 2.05) is 30.5 Å². The monoisotopic (exact) mass is 313 g/mol. The lowest BCUT2D eigenvalue weighted by Gasteiger charge is -1.98. The Bertz CT molecular complexity index is 782. The Morgan fingerprint density at radius 2 is 1.95 bits per heavy atom. The van der Waals surface area contributed by atoms with Crippen LogP contribution in [0.25, 0.3) is 6.08 Å². The van der Waals surface area contributed by atoms with Gasteiger partial charge in [0.05, 0.1) is 0 Å². The highest BCUT2D eigenvalue weighted by atomic mass is 32.2. The number of halogens is 1. The molecule has 0 N–H and O–H groups in total. The maximum Gasteiger partial charge on any atom is 0.363 e. The molecule has 0 spiro atoms. The van der Waals surface area contributed by atoms with Crippen molar-refractivity contribution in [1.29, 1.82) is 0 Å². The summed E-state index contributed by atoms with van der Waals surface area (Å²) in [7, 11) is 0. The molecule has 0 radical (unpaired) electrons. The highest BCUT2D eigenvalue weighted by Crippen LogP contribution is 2.21. The molecule has 1 aliphatic heterocycles. The average Bonchev–Trinajstić information content (AvgIpc) is 2.89. The molecule has 3 rings (SSSR count). The summed E-state index contributed by atoms with van der Waals surface area (Å²) in [5.41, 5.74) is 1.50. The van der Waals surface area contributed by atoms with Gasteiger partial charge in [-0.05, 0) is 48.2 Å². The van der Waals surface area contributed by atoms with Gasteiger partial charge < -0.3 is 4.74 Å². The second-order valence-electron chi connectivity index (χ2n) is 4.62. The number of hydrogen-bond donors (Lipinski definition) is 0. The van der Waals surface area contributed by atoms with Crippen LogP contribution in [0.2, 0.25) is 0 Å². The Kier molecular flexibility index (Phi) is 4.06. The molecule has 0 saturated carbocycles. The number of nitrogens with zero attached hydrogens (tertiary/aromatic N) is 1. The minimum atomic E-state index is -0.534. The number of aliphatic imine (C=N–C) groups is 1. The summed E-state index contributed by atoms with van der Waals surface area (Å²) in [6.07, 6.45) is 3.65. The molecule has 2 aromatic carbocycles.